The molecular formula is C23H28ClNO4S. The van der Waals surface area contributed by atoms with Gasteiger partial charge < -0.3 is 14.8 Å². The summed E-state index contributed by atoms with van der Waals surface area (Å²) in [5, 5.41) is 4.02. The molecule has 5 nitrogen and oxygen atoms in total. The standard InChI is InChI=1S/C23H28ClNO4S/c1-5-28-22(27)20-17-11-6-14(23(2,3)4)12-18(17)30-21(20)25-19(26)13-29-16-9-7-15(24)8-10-16/h7-10,14H,5-6,11-13H2,1-4H3,(H,25,26)/t14-/m1/s1. The van der Waals surface area contributed by atoms with E-state index in [0.29, 0.717) is 33.9 Å². The number of benzene rings is 1. The molecule has 1 amide bonds. The molecule has 7 heteroatoms. The highest BCUT2D eigenvalue weighted by Gasteiger charge is 2.34. The molecule has 1 aromatic carbocycles. The molecule has 0 bridgehead atoms. The van der Waals surface area contributed by atoms with Crippen molar-refractivity contribution in [1.82, 2.24) is 0 Å². The van der Waals surface area contributed by atoms with Crippen molar-refractivity contribution in [2.75, 3.05) is 18.5 Å². The van der Waals surface area contributed by atoms with E-state index in [1.165, 1.54) is 11.3 Å². The fourth-order valence-electron chi connectivity index (χ4n) is 3.67. The Morgan fingerprint density at radius 2 is 1.93 bits per heavy atom. The second-order valence-electron chi connectivity index (χ2n) is 8.52. The van der Waals surface area contributed by atoms with Crippen molar-refractivity contribution in [3.8, 4) is 5.75 Å². The molecule has 1 N–H and O–H groups in total. The van der Waals surface area contributed by atoms with Gasteiger partial charge in [-0.25, -0.2) is 4.79 Å². The normalized spacial score (nSPS) is 16.0. The van der Waals surface area contributed by atoms with Crippen LogP contribution in [0.3, 0.4) is 0 Å². The SMILES string of the molecule is CCOC(=O)c1c(NC(=O)COc2ccc(Cl)cc2)sc2c1CC[C@@H](C(C)(C)C)C2. The van der Waals surface area contributed by atoms with Gasteiger partial charge in [0.2, 0.25) is 0 Å². The largest absolute Gasteiger partial charge is 0.484 e. The third-order valence-electron chi connectivity index (χ3n) is 5.41. The molecule has 1 aliphatic carbocycles. The highest BCUT2D eigenvalue weighted by molar-refractivity contribution is 7.17. The number of halogens is 1. The number of hydrogen-bond acceptors (Lipinski definition) is 5. The lowest BCUT2D eigenvalue weighted by Crippen LogP contribution is -2.26. The van der Waals surface area contributed by atoms with Crippen LogP contribution in [-0.4, -0.2) is 25.1 Å². The number of carbonyl (C=O) groups excluding carboxylic acids is 2. The Morgan fingerprint density at radius 3 is 2.57 bits per heavy atom. The molecule has 0 unspecified atom stereocenters. The minimum atomic E-state index is -0.377. The van der Waals surface area contributed by atoms with Crippen molar-refractivity contribution in [1.29, 1.82) is 0 Å². The van der Waals surface area contributed by atoms with E-state index in [-0.39, 0.29) is 23.9 Å². The van der Waals surface area contributed by atoms with Gasteiger partial charge in [-0.1, -0.05) is 32.4 Å². The van der Waals surface area contributed by atoms with Crippen LogP contribution in [0.4, 0.5) is 5.00 Å². The summed E-state index contributed by atoms with van der Waals surface area (Å²) in [5.74, 6) is 0.397. The number of fused-ring (bicyclic) bond motifs is 1. The molecular weight excluding hydrogens is 422 g/mol. The van der Waals surface area contributed by atoms with Crippen LogP contribution in [0.1, 0.15) is 54.9 Å². The Bertz CT molecular complexity index is 915. The summed E-state index contributed by atoms with van der Waals surface area (Å²) in [5.41, 5.74) is 1.72. The first kappa shape index (κ1) is 22.6. The van der Waals surface area contributed by atoms with E-state index >= 15 is 0 Å². The third kappa shape index (κ3) is 5.35. The number of anilines is 1. The van der Waals surface area contributed by atoms with Crippen molar-refractivity contribution >= 4 is 39.8 Å². The molecule has 0 radical (unpaired) electrons. The predicted octanol–water partition coefficient (Wildman–Crippen LogP) is 5.75. The van der Waals surface area contributed by atoms with Gasteiger partial charge in [-0.05, 0) is 67.3 Å². The molecule has 0 fully saturated rings. The molecule has 1 aliphatic rings. The lowest BCUT2D eigenvalue weighted by atomic mass is 9.72. The monoisotopic (exact) mass is 449 g/mol. The van der Waals surface area contributed by atoms with E-state index in [0.717, 1.165) is 29.7 Å². The predicted molar refractivity (Wildman–Crippen MR) is 121 cm³/mol. The fraction of sp³-hybridized carbons (Fsp3) is 0.478. The average molecular weight is 450 g/mol. The molecule has 2 aromatic rings. The van der Waals surface area contributed by atoms with Crippen LogP contribution < -0.4 is 10.1 Å². The van der Waals surface area contributed by atoms with Gasteiger partial charge in [-0.2, -0.15) is 0 Å². The number of carbonyl (C=O) groups is 2. The number of hydrogen-bond donors (Lipinski definition) is 1. The number of nitrogens with one attached hydrogen (secondary N) is 1. The van der Waals surface area contributed by atoms with Gasteiger partial charge in [-0.3, -0.25) is 4.79 Å². The van der Waals surface area contributed by atoms with Crippen molar-refractivity contribution in [3.63, 3.8) is 0 Å². The maximum absolute atomic E-state index is 12.7. The van der Waals surface area contributed by atoms with E-state index in [2.05, 4.69) is 26.1 Å². The lowest BCUT2D eigenvalue weighted by Gasteiger charge is -2.33. The van der Waals surface area contributed by atoms with Crippen LogP contribution in [0, 0.1) is 11.3 Å². The summed E-state index contributed by atoms with van der Waals surface area (Å²) in [6, 6.07) is 6.81. The van der Waals surface area contributed by atoms with Crippen molar-refractivity contribution < 1.29 is 19.1 Å². The van der Waals surface area contributed by atoms with Crippen molar-refractivity contribution in [3.05, 3.63) is 45.3 Å². The van der Waals surface area contributed by atoms with E-state index in [4.69, 9.17) is 21.1 Å². The summed E-state index contributed by atoms with van der Waals surface area (Å²) in [4.78, 5) is 26.3. The van der Waals surface area contributed by atoms with Crippen molar-refractivity contribution in [2.45, 2.75) is 47.0 Å². The highest BCUT2D eigenvalue weighted by Crippen LogP contribution is 2.44. The number of rotatable bonds is 6. The van der Waals surface area contributed by atoms with Gasteiger partial charge >= 0.3 is 5.97 Å². The zero-order valence-electron chi connectivity index (χ0n) is 17.8. The molecule has 162 valence electrons. The quantitative estimate of drug-likeness (QED) is 0.570. The Kier molecular flexibility index (Phi) is 7.09. The number of ether oxygens (including phenoxy) is 2. The van der Waals surface area contributed by atoms with Crippen LogP contribution in [0.5, 0.6) is 5.75 Å². The van der Waals surface area contributed by atoms with Gasteiger partial charge in [0.25, 0.3) is 5.91 Å². The Balaban J connectivity index is 1.77. The van der Waals surface area contributed by atoms with Crippen molar-refractivity contribution in [2.24, 2.45) is 11.3 Å². The molecule has 0 saturated carbocycles. The minimum Gasteiger partial charge on any atom is -0.484 e. The topological polar surface area (TPSA) is 64.6 Å². The molecule has 30 heavy (non-hydrogen) atoms. The van der Waals surface area contributed by atoms with Gasteiger partial charge in [0.1, 0.15) is 10.8 Å². The summed E-state index contributed by atoms with van der Waals surface area (Å²) in [6.45, 7) is 8.67. The highest BCUT2D eigenvalue weighted by atomic mass is 35.5. The second kappa shape index (κ2) is 9.40. The Labute approximate surface area is 186 Å². The summed E-state index contributed by atoms with van der Waals surface area (Å²) in [6.07, 6.45) is 2.75. The first-order valence-corrected chi connectivity index (χ1v) is 11.4. The summed E-state index contributed by atoms with van der Waals surface area (Å²) < 4.78 is 10.8. The van der Waals surface area contributed by atoms with Gasteiger partial charge in [-0.15, -0.1) is 11.3 Å². The molecule has 1 aromatic heterocycles. The van der Waals surface area contributed by atoms with Gasteiger partial charge in [0.05, 0.1) is 12.2 Å². The van der Waals surface area contributed by atoms with Crippen LogP contribution in [0.2, 0.25) is 5.02 Å². The van der Waals surface area contributed by atoms with E-state index in [9.17, 15) is 9.59 Å². The van der Waals surface area contributed by atoms with Gasteiger partial charge in [0.15, 0.2) is 6.61 Å². The fourth-order valence-corrected chi connectivity index (χ4v) is 5.13. The first-order valence-electron chi connectivity index (χ1n) is 10.2. The molecule has 1 atom stereocenters. The van der Waals surface area contributed by atoms with Crippen LogP contribution in [-0.2, 0) is 22.4 Å². The van der Waals surface area contributed by atoms with Crippen LogP contribution in [0.15, 0.2) is 24.3 Å². The lowest BCUT2D eigenvalue weighted by molar-refractivity contribution is -0.118. The van der Waals surface area contributed by atoms with E-state index in [1.807, 2.05) is 0 Å². The zero-order valence-corrected chi connectivity index (χ0v) is 19.4. The van der Waals surface area contributed by atoms with E-state index < -0.39 is 0 Å². The number of esters is 1. The first-order chi connectivity index (χ1) is 14.2. The number of thiophene rings is 1. The Hall–Kier alpha value is -2.05. The maximum Gasteiger partial charge on any atom is 0.341 e. The molecule has 3 rings (SSSR count). The zero-order chi connectivity index (χ0) is 21.9. The van der Waals surface area contributed by atoms with E-state index in [1.54, 1.807) is 31.2 Å². The van der Waals surface area contributed by atoms with Crippen LogP contribution in [0.25, 0.3) is 0 Å². The molecule has 0 spiro atoms. The summed E-state index contributed by atoms with van der Waals surface area (Å²) in [7, 11) is 0. The Morgan fingerprint density at radius 1 is 1.23 bits per heavy atom. The maximum atomic E-state index is 12.7. The average Bonchev–Trinajstić information content (AvgIpc) is 3.04. The van der Waals surface area contributed by atoms with Gasteiger partial charge in [0, 0.05) is 9.90 Å². The summed E-state index contributed by atoms with van der Waals surface area (Å²) >= 11 is 7.35. The number of amides is 1. The molecule has 1 heterocycles. The molecule has 0 saturated heterocycles. The smallest absolute Gasteiger partial charge is 0.341 e. The van der Waals surface area contributed by atoms with Crippen LogP contribution >= 0.6 is 22.9 Å². The minimum absolute atomic E-state index is 0.156. The third-order valence-corrected chi connectivity index (χ3v) is 6.83. The second-order valence-corrected chi connectivity index (χ2v) is 10.1. The molecule has 0 aliphatic heterocycles.